The summed E-state index contributed by atoms with van der Waals surface area (Å²) in [5.74, 6) is 0. The summed E-state index contributed by atoms with van der Waals surface area (Å²) >= 11 is 0. The molecule has 8 aromatic carbocycles. The van der Waals surface area contributed by atoms with Crippen molar-refractivity contribution in [3.63, 3.8) is 0 Å². The Bertz CT molecular complexity index is 2110. The second-order valence-electron chi connectivity index (χ2n) is 12.3. The third-order valence-corrected chi connectivity index (χ3v) is 9.04. The van der Waals surface area contributed by atoms with Crippen LogP contribution in [-0.4, -0.2) is 0 Å². The van der Waals surface area contributed by atoms with Crippen molar-refractivity contribution in [1.82, 2.24) is 0 Å². The van der Waals surface area contributed by atoms with E-state index in [0.717, 1.165) is 34.1 Å². The number of para-hydroxylation sites is 2. The van der Waals surface area contributed by atoms with E-state index in [1.165, 1.54) is 33.4 Å². The lowest BCUT2D eigenvalue weighted by Crippen LogP contribution is -2.10. The zero-order valence-corrected chi connectivity index (χ0v) is 27.7. The van der Waals surface area contributed by atoms with Gasteiger partial charge in [-0.15, -0.1) is 0 Å². The summed E-state index contributed by atoms with van der Waals surface area (Å²) in [5, 5.41) is 0. The van der Waals surface area contributed by atoms with Crippen LogP contribution in [0, 0.1) is 0 Å². The van der Waals surface area contributed by atoms with Crippen molar-refractivity contribution in [1.29, 1.82) is 0 Å². The number of rotatable bonds is 9. The first-order valence-corrected chi connectivity index (χ1v) is 17.0. The monoisotopic (exact) mass is 640 g/mol. The summed E-state index contributed by atoms with van der Waals surface area (Å²) in [6.45, 7) is 0. The highest BCUT2D eigenvalue weighted by Crippen LogP contribution is 2.39. The fourth-order valence-corrected chi connectivity index (χ4v) is 6.56. The molecule has 0 unspecified atom stereocenters. The number of benzene rings is 8. The Kier molecular flexibility index (Phi) is 8.73. The molecule has 0 amide bonds. The zero-order chi connectivity index (χ0) is 33.5. The van der Waals surface area contributed by atoms with Gasteiger partial charge >= 0.3 is 0 Å². The molecule has 0 heterocycles. The van der Waals surface area contributed by atoms with E-state index in [1.807, 2.05) is 0 Å². The molecule has 0 saturated carbocycles. The minimum absolute atomic E-state index is 1.11. The molecule has 0 fully saturated rings. The van der Waals surface area contributed by atoms with E-state index >= 15 is 0 Å². The van der Waals surface area contributed by atoms with Gasteiger partial charge in [0.25, 0.3) is 0 Å². The van der Waals surface area contributed by atoms with Crippen LogP contribution in [0.5, 0.6) is 0 Å². The quantitative estimate of drug-likeness (QED) is 0.155. The molecule has 8 aromatic rings. The van der Waals surface area contributed by atoms with Crippen molar-refractivity contribution in [3.8, 4) is 33.4 Å². The summed E-state index contributed by atoms with van der Waals surface area (Å²) in [6.07, 6.45) is 0. The molecule has 0 aromatic heterocycles. The van der Waals surface area contributed by atoms with E-state index < -0.39 is 0 Å². The predicted octanol–water partition coefficient (Wildman–Crippen LogP) is 13.6. The molecule has 0 radical (unpaired) electrons. The van der Waals surface area contributed by atoms with Gasteiger partial charge in [-0.3, -0.25) is 0 Å². The van der Waals surface area contributed by atoms with Crippen LogP contribution in [0.4, 0.5) is 34.1 Å². The van der Waals surface area contributed by atoms with Crippen LogP contribution in [0.15, 0.2) is 218 Å². The number of nitrogens with zero attached hydrogens (tertiary/aromatic N) is 2. The van der Waals surface area contributed by atoms with Gasteiger partial charge in [-0.25, -0.2) is 0 Å². The minimum Gasteiger partial charge on any atom is -0.310 e. The Morgan fingerprint density at radius 1 is 0.180 bits per heavy atom. The van der Waals surface area contributed by atoms with E-state index in [2.05, 4.69) is 228 Å². The molecule has 0 aliphatic heterocycles. The SMILES string of the molecule is c1ccc(-c2cccc(N(c3ccccc3)c3ccc(-c4ccc(N(c5ccccc5)c5cccc(-c6ccccc6)c5)cc4)cc3)c2)cc1. The molecule has 8 rings (SSSR count). The van der Waals surface area contributed by atoms with Crippen LogP contribution >= 0.6 is 0 Å². The molecule has 2 nitrogen and oxygen atoms in total. The molecule has 0 aliphatic rings. The maximum atomic E-state index is 2.32. The zero-order valence-electron chi connectivity index (χ0n) is 27.7. The molecule has 0 saturated heterocycles. The summed E-state index contributed by atoms with van der Waals surface area (Å²) < 4.78 is 0. The summed E-state index contributed by atoms with van der Waals surface area (Å²) in [6, 6.07) is 77.5. The topological polar surface area (TPSA) is 6.48 Å². The Hall–Kier alpha value is -6.64. The normalized spacial score (nSPS) is 10.8. The van der Waals surface area contributed by atoms with E-state index in [1.54, 1.807) is 0 Å². The largest absolute Gasteiger partial charge is 0.310 e. The Morgan fingerprint density at radius 3 is 0.800 bits per heavy atom. The van der Waals surface area contributed by atoms with Gasteiger partial charge in [0.1, 0.15) is 0 Å². The van der Waals surface area contributed by atoms with Gasteiger partial charge in [0.15, 0.2) is 0 Å². The number of hydrogen-bond acceptors (Lipinski definition) is 2. The lowest BCUT2D eigenvalue weighted by molar-refractivity contribution is 1.28. The molecular weight excluding hydrogens is 605 g/mol. The Morgan fingerprint density at radius 2 is 0.440 bits per heavy atom. The molecule has 0 aliphatic carbocycles. The first-order valence-electron chi connectivity index (χ1n) is 17.0. The first-order chi connectivity index (χ1) is 24.8. The van der Waals surface area contributed by atoms with Crippen LogP contribution in [-0.2, 0) is 0 Å². The molecule has 0 bridgehead atoms. The highest BCUT2D eigenvalue weighted by atomic mass is 15.1. The predicted molar refractivity (Wildman–Crippen MR) is 212 cm³/mol. The average Bonchev–Trinajstić information content (AvgIpc) is 3.20. The lowest BCUT2D eigenvalue weighted by atomic mass is 10.0. The lowest BCUT2D eigenvalue weighted by Gasteiger charge is -2.26. The van der Waals surface area contributed by atoms with Gasteiger partial charge in [-0.1, -0.05) is 146 Å². The highest BCUT2D eigenvalue weighted by molar-refractivity contribution is 5.83. The average molecular weight is 641 g/mol. The van der Waals surface area contributed by atoms with Gasteiger partial charge < -0.3 is 9.80 Å². The second-order valence-corrected chi connectivity index (χ2v) is 12.3. The fraction of sp³-hybridized carbons (Fsp3) is 0. The van der Waals surface area contributed by atoms with Gasteiger partial charge in [0.2, 0.25) is 0 Å². The second kappa shape index (κ2) is 14.2. The van der Waals surface area contributed by atoms with Crippen molar-refractivity contribution in [2.24, 2.45) is 0 Å². The van der Waals surface area contributed by atoms with Crippen molar-refractivity contribution in [2.75, 3.05) is 9.80 Å². The summed E-state index contributed by atoms with van der Waals surface area (Å²) in [7, 11) is 0. The molecule has 2 heteroatoms. The third kappa shape index (κ3) is 6.56. The first kappa shape index (κ1) is 30.7. The highest BCUT2D eigenvalue weighted by Gasteiger charge is 2.15. The van der Waals surface area contributed by atoms with Crippen molar-refractivity contribution >= 4 is 34.1 Å². The number of anilines is 6. The third-order valence-electron chi connectivity index (χ3n) is 9.04. The minimum atomic E-state index is 1.11. The van der Waals surface area contributed by atoms with Gasteiger partial charge in [0, 0.05) is 34.1 Å². The Labute approximate surface area is 294 Å². The van der Waals surface area contributed by atoms with Crippen LogP contribution in [0.3, 0.4) is 0 Å². The van der Waals surface area contributed by atoms with Crippen LogP contribution in [0.1, 0.15) is 0 Å². The molecular formula is C48H36N2. The molecule has 0 atom stereocenters. The summed E-state index contributed by atoms with van der Waals surface area (Å²) in [5.41, 5.74) is 13.8. The van der Waals surface area contributed by atoms with Crippen LogP contribution in [0.25, 0.3) is 33.4 Å². The van der Waals surface area contributed by atoms with Crippen LogP contribution in [0.2, 0.25) is 0 Å². The van der Waals surface area contributed by atoms with E-state index in [-0.39, 0.29) is 0 Å². The number of hydrogen-bond donors (Lipinski definition) is 0. The van der Waals surface area contributed by atoms with Gasteiger partial charge in [0.05, 0.1) is 0 Å². The van der Waals surface area contributed by atoms with E-state index in [0.29, 0.717) is 0 Å². The van der Waals surface area contributed by atoms with Gasteiger partial charge in [-0.05, 0) is 106 Å². The fourth-order valence-electron chi connectivity index (χ4n) is 6.56. The Balaban J connectivity index is 1.11. The van der Waals surface area contributed by atoms with Gasteiger partial charge in [-0.2, -0.15) is 0 Å². The van der Waals surface area contributed by atoms with Crippen molar-refractivity contribution in [3.05, 3.63) is 218 Å². The standard InChI is InChI=1S/C48H36N2/c1-5-15-37(16-6-1)41-19-13-25-47(35-41)49(43-21-9-3-10-22-43)45-31-27-39(28-32-45)40-29-33-46(34-30-40)50(44-23-11-4-12-24-44)48-26-14-20-42(36-48)38-17-7-2-8-18-38/h1-36H. The van der Waals surface area contributed by atoms with E-state index in [9.17, 15) is 0 Å². The smallest absolute Gasteiger partial charge is 0.0467 e. The maximum absolute atomic E-state index is 2.32. The molecule has 0 N–H and O–H groups in total. The maximum Gasteiger partial charge on any atom is 0.0467 e. The van der Waals surface area contributed by atoms with Crippen LogP contribution < -0.4 is 9.80 Å². The summed E-state index contributed by atoms with van der Waals surface area (Å²) in [4.78, 5) is 4.64. The van der Waals surface area contributed by atoms with Crippen molar-refractivity contribution < 1.29 is 0 Å². The van der Waals surface area contributed by atoms with E-state index in [4.69, 9.17) is 0 Å². The molecule has 50 heavy (non-hydrogen) atoms. The van der Waals surface area contributed by atoms with Crippen molar-refractivity contribution in [2.45, 2.75) is 0 Å². The molecule has 238 valence electrons. The molecule has 0 spiro atoms.